The molecule has 1 aromatic carbocycles. The minimum absolute atomic E-state index is 0.147. The van der Waals surface area contributed by atoms with Crippen molar-refractivity contribution in [3.63, 3.8) is 0 Å². The van der Waals surface area contributed by atoms with Crippen molar-refractivity contribution in [3.8, 4) is 0 Å². The highest BCUT2D eigenvalue weighted by molar-refractivity contribution is 5.95. The molecular formula is C11H15FN4O. The van der Waals surface area contributed by atoms with Gasteiger partial charge in [-0.15, -0.1) is 0 Å². The van der Waals surface area contributed by atoms with E-state index in [1.165, 1.54) is 24.3 Å². The summed E-state index contributed by atoms with van der Waals surface area (Å²) in [4.78, 5) is 11.5. The molecule has 0 unspecified atom stereocenters. The van der Waals surface area contributed by atoms with E-state index in [9.17, 15) is 9.18 Å². The number of carbonyl (C=O) groups is 1. The summed E-state index contributed by atoms with van der Waals surface area (Å²) in [6.07, 6.45) is 0. The molecule has 0 saturated heterocycles. The van der Waals surface area contributed by atoms with E-state index in [2.05, 4.69) is 10.6 Å². The number of hydrogen-bond donors (Lipinski definition) is 4. The molecule has 2 amide bonds. The molecule has 0 bridgehead atoms. The third-order valence-electron chi connectivity index (χ3n) is 2.20. The Labute approximate surface area is 98.7 Å². The van der Waals surface area contributed by atoms with Gasteiger partial charge < -0.3 is 16.4 Å². The zero-order chi connectivity index (χ0) is 13.1. The first-order valence-corrected chi connectivity index (χ1v) is 5.00. The highest BCUT2D eigenvalue weighted by Gasteiger charge is 2.23. The first-order valence-electron chi connectivity index (χ1n) is 5.00. The molecular weight excluding hydrogens is 223 g/mol. The lowest BCUT2D eigenvalue weighted by Gasteiger charge is -2.24. The summed E-state index contributed by atoms with van der Waals surface area (Å²) in [6.45, 7) is 3.22. The second-order valence-corrected chi connectivity index (χ2v) is 4.12. The normalized spacial score (nSPS) is 10.8. The van der Waals surface area contributed by atoms with Gasteiger partial charge in [-0.25, -0.2) is 9.18 Å². The Morgan fingerprint density at radius 1 is 1.35 bits per heavy atom. The molecule has 6 heteroatoms. The van der Waals surface area contributed by atoms with Crippen molar-refractivity contribution in [2.45, 2.75) is 19.4 Å². The van der Waals surface area contributed by atoms with Gasteiger partial charge in [0.15, 0.2) is 0 Å². The molecule has 5 N–H and O–H groups in total. The summed E-state index contributed by atoms with van der Waals surface area (Å²) in [5, 5.41) is 12.3. The number of nitrogens with two attached hydrogens (primary N) is 1. The SMILES string of the molecule is CC(C)(NC(=O)Nc1ccc(F)cc1)C(=N)N. The number of nitrogens with one attached hydrogen (secondary N) is 3. The Kier molecular flexibility index (Phi) is 3.67. The Bertz CT molecular complexity index is 428. The summed E-state index contributed by atoms with van der Waals surface area (Å²) >= 11 is 0. The molecule has 0 spiro atoms. The van der Waals surface area contributed by atoms with Crippen LogP contribution in [0, 0.1) is 11.2 Å². The molecule has 17 heavy (non-hydrogen) atoms. The average Bonchev–Trinajstić information content (AvgIpc) is 2.20. The smallest absolute Gasteiger partial charge is 0.320 e. The highest BCUT2D eigenvalue weighted by atomic mass is 19.1. The third-order valence-corrected chi connectivity index (χ3v) is 2.20. The second kappa shape index (κ2) is 4.82. The molecule has 0 aliphatic heterocycles. The van der Waals surface area contributed by atoms with Gasteiger partial charge in [0, 0.05) is 5.69 Å². The lowest BCUT2D eigenvalue weighted by atomic mass is 10.1. The van der Waals surface area contributed by atoms with E-state index in [1.54, 1.807) is 13.8 Å². The van der Waals surface area contributed by atoms with Crippen LogP contribution in [-0.4, -0.2) is 17.4 Å². The number of anilines is 1. The van der Waals surface area contributed by atoms with Crippen molar-refractivity contribution in [1.29, 1.82) is 5.41 Å². The summed E-state index contributed by atoms with van der Waals surface area (Å²) in [5.74, 6) is -0.521. The third kappa shape index (κ3) is 3.75. The molecule has 92 valence electrons. The van der Waals surface area contributed by atoms with Gasteiger partial charge in [-0.1, -0.05) is 0 Å². The van der Waals surface area contributed by atoms with Crippen LogP contribution in [0.15, 0.2) is 24.3 Å². The van der Waals surface area contributed by atoms with E-state index in [1.807, 2.05) is 0 Å². The van der Waals surface area contributed by atoms with Crippen LogP contribution in [0.1, 0.15) is 13.8 Å². The van der Waals surface area contributed by atoms with Gasteiger partial charge in [-0.2, -0.15) is 0 Å². The summed E-state index contributed by atoms with van der Waals surface area (Å²) in [7, 11) is 0. The molecule has 1 rings (SSSR count). The molecule has 5 nitrogen and oxygen atoms in total. The maximum Gasteiger partial charge on any atom is 0.320 e. The number of benzene rings is 1. The largest absolute Gasteiger partial charge is 0.386 e. The van der Waals surface area contributed by atoms with Crippen LogP contribution in [0.2, 0.25) is 0 Å². The number of halogens is 1. The van der Waals surface area contributed by atoms with E-state index in [4.69, 9.17) is 11.1 Å². The molecule has 0 saturated carbocycles. The second-order valence-electron chi connectivity index (χ2n) is 4.12. The number of amidine groups is 1. The van der Waals surface area contributed by atoms with E-state index < -0.39 is 11.6 Å². The standard InChI is InChI=1S/C11H15FN4O/c1-11(2,9(13)14)16-10(17)15-8-5-3-7(12)4-6-8/h3-6H,1-2H3,(H3,13,14)(H2,15,16,17). The fraction of sp³-hybridized carbons (Fsp3) is 0.273. The number of urea groups is 1. The van der Waals surface area contributed by atoms with Crippen LogP contribution in [0.3, 0.4) is 0 Å². The van der Waals surface area contributed by atoms with Crippen molar-refractivity contribution >= 4 is 17.6 Å². The van der Waals surface area contributed by atoms with Crippen LogP contribution >= 0.6 is 0 Å². The van der Waals surface area contributed by atoms with E-state index in [-0.39, 0.29) is 11.7 Å². The Hall–Kier alpha value is -2.11. The highest BCUT2D eigenvalue weighted by Crippen LogP contribution is 2.08. The summed E-state index contributed by atoms with van der Waals surface area (Å²) in [5.41, 5.74) is 4.86. The minimum atomic E-state index is -0.926. The quantitative estimate of drug-likeness (QED) is 0.476. The molecule has 0 aliphatic rings. The zero-order valence-electron chi connectivity index (χ0n) is 9.67. The lowest BCUT2D eigenvalue weighted by molar-refractivity contribution is 0.247. The predicted molar refractivity (Wildman–Crippen MR) is 64.5 cm³/mol. The van der Waals surface area contributed by atoms with Crippen LogP contribution < -0.4 is 16.4 Å². The van der Waals surface area contributed by atoms with Crippen molar-refractivity contribution in [2.75, 3.05) is 5.32 Å². The molecule has 1 aromatic rings. The Balaban J connectivity index is 2.62. The van der Waals surface area contributed by atoms with Crippen LogP contribution in [-0.2, 0) is 0 Å². The van der Waals surface area contributed by atoms with E-state index >= 15 is 0 Å². The fourth-order valence-electron chi connectivity index (χ4n) is 1.05. The molecule has 0 heterocycles. The number of rotatable bonds is 3. The number of carbonyl (C=O) groups excluding carboxylic acids is 1. The van der Waals surface area contributed by atoms with Crippen molar-refractivity contribution < 1.29 is 9.18 Å². The topological polar surface area (TPSA) is 91.0 Å². The first-order chi connectivity index (χ1) is 7.81. The van der Waals surface area contributed by atoms with Crippen LogP contribution in [0.5, 0.6) is 0 Å². The van der Waals surface area contributed by atoms with Gasteiger partial charge in [0.05, 0.1) is 5.54 Å². The van der Waals surface area contributed by atoms with Gasteiger partial charge in [0.2, 0.25) is 0 Å². The molecule has 0 atom stereocenters. The van der Waals surface area contributed by atoms with Gasteiger partial charge in [0.25, 0.3) is 0 Å². The van der Waals surface area contributed by atoms with E-state index in [0.29, 0.717) is 5.69 Å². The number of amides is 2. The maximum absolute atomic E-state index is 12.6. The number of hydrogen-bond acceptors (Lipinski definition) is 2. The summed E-state index contributed by atoms with van der Waals surface area (Å²) < 4.78 is 12.6. The van der Waals surface area contributed by atoms with Gasteiger partial charge >= 0.3 is 6.03 Å². The maximum atomic E-state index is 12.6. The van der Waals surface area contributed by atoms with E-state index in [0.717, 1.165) is 0 Å². The predicted octanol–water partition coefficient (Wildman–Crippen LogP) is 1.66. The summed E-state index contributed by atoms with van der Waals surface area (Å²) in [6, 6.07) is 4.86. The molecule has 0 aliphatic carbocycles. The van der Waals surface area contributed by atoms with Crippen LogP contribution in [0.25, 0.3) is 0 Å². The van der Waals surface area contributed by atoms with Crippen molar-refractivity contribution in [1.82, 2.24) is 5.32 Å². The van der Waals surface area contributed by atoms with Crippen molar-refractivity contribution in [2.24, 2.45) is 5.73 Å². The molecule has 0 radical (unpaired) electrons. The Morgan fingerprint density at radius 2 is 1.88 bits per heavy atom. The molecule has 0 fully saturated rings. The van der Waals surface area contributed by atoms with Crippen molar-refractivity contribution in [3.05, 3.63) is 30.1 Å². The van der Waals surface area contributed by atoms with Gasteiger partial charge in [0.1, 0.15) is 11.7 Å². The minimum Gasteiger partial charge on any atom is -0.386 e. The van der Waals surface area contributed by atoms with Gasteiger partial charge in [-0.05, 0) is 38.1 Å². The average molecular weight is 238 g/mol. The van der Waals surface area contributed by atoms with Gasteiger partial charge in [-0.3, -0.25) is 5.41 Å². The first kappa shape index (κ1) is 13.0. The molecule has 0 aromatic heterocycles. The lowest BCUT2D eigenvalue weighted by Crippen LogP contribution is -2.53. The van der Waals surface area contributed by atoms with Crippen LogP contribution in [0.4, 0.5) is 14.9 Å². The fourth-order valence-corrected chi connectivity index (χ4v) is 1.05. The monoisotopic (exact) mass is 238 g/mol. The zero-order valence-corrected chi connectivity index (χ0v) is 9.67. The Morgan fingerprint density at radius 3 is 2.35 bits per heavy atom.